The predicted octanol–water partition coefficient (Wildman–Crippen LogP) is 1.84. The highest BCUT2D eigenvalue weighted by Gasteiger charge is 2.26. The number of alkyl halides is 2. The number of aromatic nitrogens is 4. The standard InChI is InChI=1S/C15H20F2N6O/c1-22-7-10(13(21-22)14(16)17)8-23-6-4-11(9-23)19-15-18-5-3-12(20-15)24-2/h3,5,7,11,14H,4,6,8-9H2,1-2H3,(H,18,19,20). The molecule has 0 bridgehead atoms. The third-order valence-electron chi connectivity index (χ3n) is 3.98. The topological polar surface area (TPSA) is 68.1 Å². The molecule has 3 rings (SSSR count). The molecule has 1 aliphatic rings. The summed E-state index contributed by atoms with van der Waals surface area (Å²) in [6.07, 6.45) is 1.63. The van der Waals surface area contributed by atoms with Gasteiger partial charge in [0.15, 0.2) is 0 Å². The number of rotatable bonds is 6. The van der Waals surface area contributed by atoms with Crippen molar-refractivity contribution in [2.24, 2.45) is 7.05 Å². The van der Waals surface area contributed by atoms with Gasteiger partial charge in [-0.1, -0.05) is 0 Å². The Morgan fingerprint density at radius 3 is 3.04 bits per heavy atom. The van der Waals surface area contributed by atoms with E-state index in [0.29, 0.717) is 23.9 Å². The van der Waals surface area contributed by atoms with Gasteiger partial charge in [-0.25, -0.2) is 13.8 Å². The Morgan fingerprint density at radius 2 is 2.29 bits per heavy atom. The van der Waals surface area contributed by atoms with Crippen LogP contribution in [0.3, 0.4) is 0 Å². The molecule has 3 heterocycles. The van der Waals surface area contributed by atoms with Crippen molar-refractivity contribution in [2.45, 2.75) is 25.4 Å². The molecule has 1 saturated heterocycles. The third kappa shape index (κ3) is 3.78. The summed E-state index contributed by atoms with van der Waals surface area (Å²) in [5, 5.41) is 7.11. The van der Waals surface area contributed by atoms with Gasteiger partial charge in [0.1, 0.15) is 5.69 Å². The maximum absolute atomic E-state index is 13.0. The molecule has 0 aromatic carbocycles. The number of likely N-dealkylation sites (tertiary alicyclic amines) is 1. The molecule has 1 atom stereocenters. The summed E-state index contributed by atoms with van der Waals surface area (Å²) >= 11 is 0. The van der Waals surface area contributed by atoms with Gasteiger partial charge >= 0.3 is 0 Å². The van der Waals surface area contributed by atoms with Crippen molar-refractivity contribution < 1.29 is 13.5 Å². The van der Waals surface area contributed by atoms with Gasteiger partial charge in [-0.3, -0.25) is 9.58 Å². The van der Waals surface area contributed by atoms with Crippen LogP contribution in [0.2, 0.25) is 0 Å². The summed E-state index contributed by atoms with van der Waals surface area (Å²) in [6, 6.07) is 1.85. The highest BCUT2D eigenvalue weighted by atomic mass is 19.3. The normalized spacial score (nSPS) is 18.3. The van der Waals surface area contributed by atoms with Gasteiger partial charge in [0.05, 0.1) is 7.11 Å². The van der Waals surface area contributed by atoms with Crippen molar-refractivity contribution in [1.29, 1.82) is 0 Å². The fourth-order valence-corrected chi connectivity index (χ4v) is 2.90. The van der Waals surface area contributed by atoms with Gasteiger partial charge in [-0.05, 0) is 6.42 Å². The second kappa shape index (κ2) is 7.08. The Bertz CT molecular complexity index is 692. The second-order valence-electron chi connectivity index (χ2n) is 5.80. The fourth-order valence-electron chi connectivity index (χ4n) is 2.90. The molecule has 24 heavy (non-hydrogen) atoms. The molecule has 0 radical (unpaired) electrons. The highest BCUT2D eigenvalue weighted by molar-refractivity contribution is 5.29. The van der Waals surface area contributed by atoms with E-state index in [4.69, 9.17) is 4.74 Å². The SMILES string of the molecule is COc1ccnc(NC2CCN(Cc3cn(C)nc3C(F)F)C2)n1. The van der Waals surface area contributed by atoms with Crippen LogP contribution in [0, 0.1) is 0 Å². The van der Waals surface area contributed by atoms with Crippen molar-refractivity contribution in [3.63, 3.8) is 0 Å². The molecule has 1 unspecified atom stereocenters. The summed E-state index contributed by atoms with van der Waals surface area (Å²) in [5.41, 5.74) is 0.441. The zero-order valence-electron chi connectivity index (χ0n) is 13.6. The molecule has 2 aromatic rings. The van der Waals surface area contributed by atoms with Gasteiger partial charge in [0.25, 0.3) is 6.43 Å². The van der Waals surface area contributed by atoms with Gasteiger partial charge in [-0.15, -0.1) is 0 Å². The maximum Gasteiger partial charge on any atom is 0.282 e. The van der Waals surface area contributed by atoms with E-state index in [1.165, 1.54) is 4.68 Å². The molecular formula is C15H20F2N6O. The van der Waals surface area contributed by atoms with Gasteiger partial charge in [0.2, 0.25) is 11.8 Å². The molecule has 9 heteroatoms. The summed E-state index contributed by atoms with van der Waals surface area (Å²) in [7, 11) is 3.21. The monoisotopic (exact) mass is 338 g/mol. The smallest absolute Gasteiger partial charge is 0.282 e. The Labute approximate surface area is 138 Å². The minimum Gasteiger partial charge on any atom is -0.481 e. The van der Waals surface area contributed by atoms with Crippen LogP contribution in [-0.4, -0.2) is 50.9 Å². The van der Waals surface area contributed by atoms with Crippen LogP contribution < -0.4 is 10.1 Å². The van der Waals surface area contributed by atoms with Gasteiger partial charge < -0.3 is 10.1 Å². The average molecular weight is 338 g/mol. The lowest BCUT2D eigenvalue weighted by Gasteiger charge is -2.16. The van der Waals surface area contributed by atoms with Crippen LogP contribution in [0.5, 0.6) is 5.88 Å². The number of hydrogen-bond donors (Lipinski definition) is 1. The fraction of sp³-hybridized carbons (Fsp3) is 0.533. The third-order valence-corrected chi connectivity index (χ3v) is 3.98. The van der Waals surface area contributed by atoms with E-state index >= 15 is 0 Å². The van der Waals surface area contributed by atoms with Crippen molar-refractivity contribution in [1.82, 2.24) is 24.6 Å². The molecule has 1 fully saturated rings. The summed E-state index contributed by atoms with van der Waals surface area (Å²) in [5.74, 6) is 1.01. The van der Waals surface area contributed by atoms with Gasteiger partial charge in [-0.2, -0.15) is 10.1 Å². The summed E-state index contributed by atoms with van der Waals surface area (Å²) in [6.45, 7) is 2.02. The lowest BCUT2D eigenvalue weighted by atomic mass is 10.2. The minimum absolute atomic E-state index is 0.134. The van der Waals surface area contributed by atoms with E-state index in [0.717, 1.165) is 19.5 Å². The quantitative estimate of drug-likeness (QED) is 0.867. The highest BCUT2D eigenvalue weighted by Crippen LogP contribution is 2.24. The minimum atomic E-state index is -2.55. The van der Waals surface area contributed by atoms with E-state index in [1.54, 1.807) is 32.6 Å². The molecule has 2 aromatic heterocycles. The van der Waals surface area contributed by atoms with Crippen LogP contribution in [0.25, 0.3) is 0 Å². The number of methoxy groups -OCH3 is 1. The Balaban J connectivity index is 1.59. The van der Waals surface area contributed by atoms with E-state index in [-0.39, 0.29) is 11.7 Å². The molecule has 0 spiro atoms. The molecule has 0 saturated carbocycles. The first-order chi connectivity index (χ1) is 11.5. The Morgan fingerprint density at radius 1 is 1.46 bits per heavy atom. The molecule has 1 aliphatic heterocycles. The Kier molecular flexibility index (Phi) is 4.89. The molecule has 0 amide bonds. The van der Waals surface area contributed by atoms with E-state index in [2.05, 4.69) is 25.3 Å². The molecular weight excluding hydrogens is 318 g/mol. The van der Waals surface area contributed by atoms with Crippen LogP contribution in [0.4, 0.5) is 14.7 Å². The Hall–Kier alpha value is -2.29. The zero-order valence-corrected chi connectivity index (χ0v) is 13.6. The van der Waals surface area contributed by atoms with Crippen LogP contribution in [-0.2, 0) is 13.6 Å². The zero-order chi connectivity index (χ0) is 17.1. The van der Waals surface area contributed by atoms with Crippen molar-refractivity contribution in [2.75, 3.05) is 25.5 Å². The summed E-state index contributed by atoms with van der Waals surface area (Å²) in [4.78, 5) is 10.5. The lowest BCUT2D eigenvalue weighted by Crippen LogP contribution is -2.26. The number of halogens is 2. The van der Waals surface area contributed by atoms with E-state index < -0.39 is 6.43 Å². The number of aryl methyl sites for hydroxylation is 1. The first-order valence-corrected chi connectivity index (χ1v) is 7.71. The first-order valence-electron chi connectivity index (χ1n) is 7.71. The van der Waals surface area contributed by atoms with Crippen molar-refractivity contribution in [3.05, 3.63) is 29.7 Å². The van der Waals surface area contributed by atoms with Crippen molar-refractivity contribution >= 4 is 5.95 Å². The number of anilines is 1. The molecule has 1 N–H and O–H groups in total. The predicted molar refractivity (Wildman–Crippen MR) is 84.1 cm³/mol. The number of hydrogen-bond acceptors (Lipinski definition) is 6. The average Bonchev–Trinajstić information content (AvgIpc) is 3.14. The van der Waals surface area contributed by atoms with E-state index in [1.807, 2.05) is 0 Å². The largest absolute Gasteiger partial charge is 0.481 e. The molecule has 130 valence electrons. The van der Waals surface area contributed by atoms with Crippen LogP contribution >= 0.6 is 0 Å². The lowest BCUT2D eigenvalue weighted by molar-refractivity contribution is 0.143. The molecule has 0 aliphatic carbocycles. The maximum atomic E-state index is 13.0. The number of nitrogens with one attached hydrogen (secondary N) is 1. The van der Waals surface area contributed by atoms with Crippen molar-refractivity contribution in [3.8, 4) is 5.88 Å². The van der Waals surface area contributed by atoms with Gasteiger partial charge in [0, 0.05) is 56.7 Å². The number of ether oxygens (including phenoxy) is 1. The van der Waals surface area contributed by atoms with E-state index in [9.17, 15) is 8.78 Å². The summed E-state index contributed by atoms with van der Waals surface area (Å²) < 4.78 is 32.5. The number of nitrogens with zero attached hydrogens (tertiary/aromatic N) is 5. The first kappa shape index (κ1) is 16.6. The molecule has 7 nitrogen and oxygen atoms in total. The van der Waals surface area contributed by atoms with Crippen LogP contribution in [0.15, 0.2) is 18.5 Å². The van der Waals surface area contributed by atoms with Crippen LogP contribution in [0.1, 0.15) is 24.1 Å². The second-order valence-corrected chi connectivity index (χ2v) is 5.80.